The molecule has 0 spiro atoms. The van der Waals surface area contributed by atoms with Crippen LogP contribution in [0.2, 0.25) is 0 Å². The van der Waals surface area contributed by atoms with Gasteiger partial charge in [0.1, 0.15) is 0 Å². The molecule has 0 saturated carbocycles. The summed E-state index contributed by atoms with van der Waals surface area (Å²) in [6.45, 7) is 4.22. The molecule has 1 nitrogen and oxygen atoms in total. The molecule has 140 valence electrons. The van der Waals surface area contributed by atoms with Gasteiger partial charge in [-0.2, -0.15) is 6.08 Å². The van der Waals surface area contributed by atoms with E-state index in [4.69, 9.17) is 0 Å². The van der Waals surface area contributed by atoms with Gasteiger partial charge in [0.25, 0.3) is 0 Å². The fourth-order valence-electron chi connectivity index (χ4n) is 3.23. The zero-order chi connectivity index (χ0) is 19.2. The zero-order valence-electron chi connectivity index (χ0n) is 16.5. The van der Waals surface area contributed by atoms with Crippen molar-refractivity contribution >= 4 is 33.3 Å². The first kappa shape index (κ1) is 22.5. The van der Waals surface area contributed by atoms with E-state index < -0.39 is 0 Å². The van der Waals surface area contributed by atoms with Crippen molar-refractivity contribution in [1.29, 1.82) is 0 Å². The van der Waals surface area contributed by atoms with Crippen molar-refractivity contribution in [2.24, 2.45) is 0 Å². The molecule has 0 unspecified atom stereocenters. The summed E-state index contributed by atoms with van der Waals surface area (Å²) >= 11 is 4.64. The molecule has 0 aliphatic heterocycles. The van der Waals surface area contributed by atoms with E-state index in [0.717, 1.165) is 6.42 Å². The number of hydrogen-bond donors (Lipinski definition) is 0. The largest absolute Gasteiger partial charge is 2.00 e. The summed E-state index contributed by atoms with van der Waals surface area (Å²) in [5, 5.41) is 3.87. The molecule has 1 aliphatic carbocycles. The standard InChI is InChI=1S/C17H12N.C7H9.CH3Cl.Zr/c1-2-7-15-12-16(11-14(15)6-1)18-10-9-13-5-3-4-8-17(13)18;1-6-4-3-5-7(6)2;1-2;/h1-12H;4H,3H2,1-2H3;1H3;/q2*-1;;+2. The van der Waals surface area contributed by atoms with Crippen LogP contribution in [0.5, 0.6) is 0 Å². The molecule has 0 radical (unpaired) electrons. The van der Waals surface area contributed by atoms with Gasteiger partial charge in [0.15, 0.2) is 0 Å². The molecular weight excluding hydrogens is 441 g/mol. The normalized spacial score (nSPS) is 12.3. The Morgan fingerprint density at radius 1 is 0.929 bits per heavy atom. The summed E-state index contributed by atoms with van der Waals surface area (Å²) in [5.41, 5.74) is 5.20. The zero-order valence-corrected chi connectivity index (χ0v) is 19.8. The molecule has 0 saturated heterocycles. The topological polar surface area (TPSA) is 4.93 Å². The average Bonchev–Trinajstić information content (AvgIpc) is 3.42. The summed E-state index contributed by atoms with van der Waals surface area (Å²) in [6, 6.07) is 23.6. The van der Waals surface area contributed by atoms with E-state index in [9.17, 15) is 0 Å². The number of hydrogen-bond acceptors (Lipinski definition) is 0. The SMILES string of the molecule is CC1=[C-]CC=C1C.CCl.[Zr+2].c1ccc2[cH-]c(-n3ccc4ccccc43)cc2c1. The van der Waals surface area contributed by atoms with Crippen LogP contribution in [0.4, 0.5) is 0 Å². The predicted octanol–water partition coefficient (Wildman–Crippen LogP) is 7.44. The van der Waals surface area contributed by atoms with Crippen molar-refractivity contribution in [3.8, 4) is 5.69 Å². The number of rotatable bonds is 1. The summed E-state index contributed by atoms with van der Waals surface area (Å²) in [5.74, 6) is 0. The van der Waals surface area contributed by atoms with Crippen LogP contribution in [0, 0.1) is 6.08 Å². The van der Waals surface area contributed by atoms with Crippen molar-refractivity contribution < 1.29 is 26.2 Å². The van der Waals surface area contributed by atoms with Crippen LogP contribution in [0.1, 0.15) is 20.3 Å². The Hall–Kier alpha value is -1.76. The average molecular weight is 465 g/mol. The maximum absolute atomic E-state index is 4.64. The van der Waals surface area contributed by atoms with Crippen LogP contribution in [0.25, 0.3) is 27.4 Å². The number of nitrogens with zero attached hydrogens (tertiary/aromatic N) is 1. The Morgan fingerprint density at radius 3 is 2.21 bits per heavy atom. The second-order valence-electron chi connectivity index (χ2n) is 6.48. The van der Waals surface area contributed by atoms with E-state index in [0.29, 0.717) is 0 Å². The Bertz CT molecular complexity index is 1050. The molecule has 3 aromatic carbocycles. The molecule has 1 aliphatic rings. The van der Waals surface area contributed by atoms with E-state index in [1.165, 1.54) is 44.9 Å². The Kier molecular flexibility index (Phi) is 8.61. The first-order valence-corrected chi connectivity index (χ1v) is 9.82. The van der Waals surface area contributed by atoms with Gasteiger partial charge >= 0.3 is 26.2 Å². The fourth-order valence-corrected chi connectivity index (χ4v) is 3.23. The van der Waals surface area contributed by atoms with E-state index in [-0.39, 0.29) is 26.2 Å². The van der Waals surface area contributed by atoms with Crippen LogP contribution in [-0.2, 0) is 26.2 Å². The number of benzene rings is 2. The summed E-state index contributed by atoms with van der Waals surface area (Å²) in [6.07, 6.45) is 10.0. The van der Waals surface area contributed by atoms with Gasteiger partial charge < -0.3 is 4.57 Å². The number of allylic oxidation sites excluding steroid dienone is 4. The second-order valence-corrected chi connectivity index (χ2v) is 6.48. The van der Waals surface area contributed by atoms with Crippen molar-refractivity contribution in [2.75, 3.05) is 6.38 Å². The third kappa shape index (κ3) is 4.99. The molecule has 5 rings (SSSR count). The van der Waals surface area contributed by atoms with Crippen LogP contribution in [0.15, 0.2) is 90.1 Å². The van der Waals surface area contributed by atoms with E-state index >= 15 is 0 Å². The van der Waals surface area contributed by atoms with Crippen molar-refractivity contribution in [2.45, 2.75) is 20.3 Å². The number of alkyl halides is 1. The molecule has 1 heterocycles. The van der Waals surface area contributed by atoms with Gasteiger partial charge in [0.05, 0.1) is 5.52 Å². The summed E-state index contributed by atoms with van der Waals surface area (Å²) in [7, 11) is 0. The smallest absolute Gasteiger partial charge is 0.335 e. The van der Waals surface area contributed by atoms with Gasteiger partial charge in [-0.05, 0) is 23.2 Å². The van der Waals surface area contributed by atoms with Crippen molar-refractivity contribution in [1.82, 2.24) is 4.57 Å². The fraction of sp³-hybridized carbons (Fsp3) is 0.160. The first-order chi connectivity index (χ1) is 13.2. The van der Waals surface area contributed by atoms with Crippen LogP contribution >= 0.6 is 11.6 Å². The van der Waals surface area contributed by atoms with Crippen molar-refractivity contribution in [3.63, 3.8) is 0 Å². The Balaban J connectivity index is 0.000000239. The minimum absolute atomic E-state index is 0. The van der Waals surface area contributed by atoms with Gasteiger partial charge in [0.2, 0.25) is 0 Å². The molecule has 0 atom stereocenters. The third-order valence-corrected chi connectivity index (χ3v) is 4.85. The Labute approximate surface area is 191 Å². The number of para-hydroxylation sites is 1. The number of halogens is 1. The maximum Gasteiger partial charge on any atom is 2.00 e. The van der Waals surface area contributed by atoms with Gasteiger partial charge in [-0.1, -0.05) is 31.2 Å². The summed E-state index contributed by atoms with van der Waals surface area (Å²) in [4.78, 5) is 0. The Morgan fingerprint density at radius 2 is 1.61 bits per heavy atom. The molecule has 0 fully saturated rings. The molecule has 0 N–H and O–H groups in total. The molecule has 0 amide bonds. The monoisotopic (exact) mass is 463 g/mol. The van der Waals surface area contributed by atoms with Crippen molar-refractivity contribution in [3.05, 3.63) is 96.2 Å². The van der Waals surface area contributed by atoms with Crippen LogP contribution in [-0.4, -0.2) is 11.0 Å². The van der Waals surface area contributed by atoms with E-state index in [1.54, 1.807) is 0 Å². The number of aromatic nitrogens is 1. The van der Waals surface area contributed by atoms with Crippen LogP contribution in [0.3, 0.4) is 0 Å². The minimum atomic E-state index is 0. The molecule has 4 aromatic rings. The number of fused-ring (bicyclic) bond motifs is 2. The predicted molar refractivity (Wildman–Crippen MR) is 119 cm³/mol. The van der Waals surface area contributed by atoms with Crippen LogP contribution < -0.4 is 0 Å². The minimum Gasteiger partial charge on any atom is -0.335 e. The van der Waals surface area contributed by atoms with E-state index in [2.05, 4.69) is 115 Å². The second kappa shape index (κ2) is 10.7. The molecule has 1 aromatic heterocycles. The van der Waals surface area contributed by atoms with Gasteiger partial charge in [-0.3, -0.25) is 6.08 Å². The third-order valence-electron chi connectivity index (χ3n) is 4.85. The molecule has 3 heteroatoms. The van der Waals surface area contributed by atoms with E-state index in [1.807, 2.05) is 0 Å². The summed E-state index contributed by atoms with van der Waals surface area (Å²) < 4.78 is 2.25. The first-order valence-electron chi connectivity index (χ1n) is 9.07. The molecule has 0 bridgehead atoms. The van der Waals surface area contributed by atoms with Gasteiger partial charge in [-0.15, -0.1) is 66.0 Å². The van der Waals surface area contributed by atoms with Gasteiger partial charge in [-0.25, -0.2) is 11.1 Å². The van der Waals surface area contributed by atoms with Gasteiger partial charge in [0, 0.05) is 12.6 Å². The molecule has 28 heavy (non-hydrogen) atoms. The maximum atomic E-state index is 4.64. The molecular formula is C25H24ClNZr. The quantitative estimate of drug-likeness (QED) is 0.204.